The standard InChI is InChI=1S/C14H13IN2O2S/c15-13-10-11(6-7-14(13)17(18)19)16-8-9-20-12-4-2-1-3-5-12/h1-7,10,16H,8-9H2. The first-order chi connectivity index (χ1) is 9.66. The Morgan fingerprint density at radius 3 is 2.60 bits per heavy atom. The highest BCUT2D eigenvalue weighted by Crippen LogP contribution is 2.24. The van der Waals surface area contributed by atoms with Crippen LogP contribution in [0.3, 0.4) is 0 Å². The van der Waals surface area contributed by atoms with Gasteiger partial charge in [0.25, 0.3) is 5.69 Å². The number of rotatable bonds is 6. The number of benzene rings is 2. The quantitative estimate of drug-likeness (QED) is 0.257. The largest absolute Gasteiger partial charge is 0.384 e. The minimum atomic E-state index is -0.364. The van der Waals surface area contributed by atoms with E-state index in [1.165, 1.54) is 11.0 Å². The number of hydrogen-bond acceptors (Lipinski definition) is 4. The first-order valence-corrected chi connectivity index (χ1v) is 8.09. The zero-order valence-electron chi connectivity index (χ0n) is 10.6. The topological polar surface area (TPSA) is 55.2 Å². The van der Waals surface area contributed by atoms with Crippen LogP contribution in [-0.2, 0) is 0 Å². The molecule has 0 saturated carbocycles. The van der Waals surface area contributed by atoms with Gasteiger partial charge in [-0.1, -0.05) is 18.2 Å². The summed E-state index contributed by atoms with van der Waals surface area (Å²) in [4.78, 5) is 11.6. The number of nitro benzene ring substituents is 1. The van der Waals surface area contributed by atoms with Crippen molar-refractivity contribution in [3.8, 4) is 0 Å². The zero-order valence-corrected chi connectivity index (χ0v) is 13.6. The molecule has 0 bridgehead atoms. The van der Waals surface area contributed by atoms with Crippen LogP contribution in [0, 0.1) is 13.7 Å². The summed E-state index contributed by atoms with van der Waals surface area (Å²) in [5, 5.41) is 14.0. The second-order valence-corrected chi connectivity index (χ2v) is 6.34. The van der Waals surface area contributed by atoms with Gasteiger partial charge in [-0.3, -0.25) is 10.1 Å². The molecule has 0 aliphatic rings. The molecule has 20 heavy (non-hydrogen) atoms. The Labute approximate surface area is 135 Å². The van der Waals surface area contributed by atoms with E-state index in [-0.39, 0.29) is 10.6 Å². The molecule has 0 atom stereocenters. The van der Waals surface area contributed by atoms with E-state index < -0.39 is 0 Å². The molecule has 2 aromatic rings. The first-order valence-electron chi connectivity index (χ1n) is 6.02. The fourth-order valence-corrected chi connectivity index (χ4v) is 3.15. The number of nitrogens with zero attached hydrogens (tertiary/aromatic N) is 1. The highest BCUT2D eigenvalue weighted by molar-refractivity contribution is 14.1. The summed E-state index contributed by atoms with van der Waals surface area (Å²) in [6.45, 7) is 0.813. The van der Waals surface area contributed by atoms with Crippen molar-refractivity contribution in [3.63, 3.8) is 0 Å². The van der Waals surface area contributed by atoms with Crippen LogP contribution in [0.15, 0.2) is 53.4 Å². The van der Waals surface area contributed by atoms with Gasteiger partial charge in [0.05, 0.1) is 8.49 Å². The number of nitrogens with one attached hydrogen (secondary N) is 1. The summed E-state index contributed by atoms with van der Waals surface area (Å²) in [5.74, 6) is 0.942. The van der Waals surface area contributed by atoms with Crippen LogP contribution < -0.4 is 5.32 Å². The molecule has 0 aromatic heterocycles. The van der Waals surface area contributed by atoms with Gasteiger partial charge < -0.3 is 5.32 Å². The van der Waals surface area contributed by atoms with Gasteiger partial charge in [0, 0.05) is 28.9 Å². The molecule has 6 heteroatoms. The number of hydrogen-bond donors (Lipinski definition) is 1. The molecule has 2 aromatic carbocycles. The van der Waals surface area contributed by atoms with Gasteiger partial charge in [-0.2, -0.15) is 0 Å². The smallest absolute Gasteiger partial charge is 0.282 e. The van der Waals surface area contributed by atoms with Gasteiger partial charge in [-0.15, -0.1) is 11.8 Å². The monoisotopic (exact) mass is 400 g/mol. The van der Waals surface area contributed by atoms with Crippen LogP contribution in [0.25, 0.3) is 0 Å². The van der Waals surface area contributed by atoms with Crippen molar-refractivity contribution in [2.45, 2.75) is 4.90 Å². The molecular formula is C14H13IN2O2S. The van der Waals surface area contributed by atoms with Gasteiger partial charge >= 0.3 is 0 Å². The maximum atomic E-state index is 10.7. The average molecular weight is 400 g/mol. The summed E-state index contributed by atoms with van der Waals surface area (Å²) in [6, 6.07) is 15.3. The Morgan fingerprint density at radius 1 is 1.20 bits per heavy atom. The van der Waals surface area contributed by atoms with Gasteiger partial charge in [-0.25, -0.2) is 0 Å². The van der Waals surface area contributed by atoms with Crippen molar-refractivity contribution < 1.29 is 4.92 Å². The molecule has 0 heterocycles. The summed E-state index contributed by atoms with van der Waals surface area (Å²) < 4.78 is 0.647. The van der Waals surface area contributed by atoms with Crippen molar-refractivity contribution in [1.82, 2.24) is 0 Å². The predicted octanol–water partition coefficient (Wildman–Crippen LogP) is 4.40. The molecule has 0 amide bonds. The molecular weight excluding hydrogens is 387 g/mol. The fraction of sp³-hybridized carbons (Fsp3) is 0.143. The van der Waals surface area contributed by atoms with Crippen molar-refractivity contribution in [3.05, 3.63) is 62.2 Å². The van der Waals surface area contributed by atoms with Gasteiger partial charge in [0.2, 0.25) is 0 Å². The maximum absolute atomic E-state index is 10.7. The molecule has 0 radical (unpaired) electrons. The lowest BCUT2D eigenvalue weighted by molar-refractivity contribution is -0.385. The Morgan fingerprint density at radius 2 is 1.95 bits per heavy atom. The Balaban J connectivity index is 1.83. The lowest BCUT2D eigenvalue weighted by atomic mass is 10.3. The van der Waals surface area contributed by atoms with Gasteiger partial charge in [-0.05, 0) is 46.9 Å². The minimum Gasteiger partial charge on any atom is -0.384 e. The van der Waals surface area contributed by atoms with Crippen LogP contribution in [-0.4, -0.2) is 17.2 Å². The third kappa shape index (κ3) is 4.38. The van der Waals surface area contributed by atoms with Gasteiger partial charge in [0.1, 0.15) is 0 Å². The van der Waals surface area contributed by atoms with E-state index in [2.05, 4.69) is 17.4 Å². The van der Waals surface area contributed by atoms with Crippen LogP contribution in [0.5, 0.6) is 0 Å². The maximum Gasteiger partial charge on any atom is 0.282 e. The number of nitro groups is 1. The zero-order chi connectivity index (χ0) is 14.4. The molecule has 0 spiro atoms. The van der Waals surface area contributed by atoms with E-state index in [1.54, 1.807) is 23.9 Å². The first kappa shape index (κ1) is 15.1. The van der Waals surface area contributed by atoms with Crippen LogP contribution in [0.2, 0.25) is 0 Å². The molecule has 2 rings (SSSR count). The van der Waals surface area contributed by atoms with E-state index in [0.717, 1.165) is 18.0 Å². The van der Waals surface area contributed by atoms with Crippen molar-refractivity contribution >= 4 is 45.7 Å². The van der Waals surface area contributed by atoms with E-state index >= 15 is 0 Å². The third-order valence-electron chi connectivity index (χ3n) is 2.59. The SMILES string of the molecule is O=[N+]([O-])c1ccc(NCCSc2ccccc2)cc1I. The molecule has 0 aliphatic heterocycles. The Bertz CT molecular complexity index is 593. The minimum absolute atomic E-state index is 0.148. The summed E-state index contributed by atoms with van der Waals surface area (Å²) in [6.07, 6.45) is 0. The molecule has 0 fully saturated rings. The molecule has 104 valence electrons. The fourth-order valence-electron chi connectivity index (χ4n) is 1.65. The lowest BCUT2D eigenvalue weighted by Crippen LogP contribution is -2.04. The number of anilines is 1. The molecule has 4 nitrogen and oxygen atoms in total. The molecule has 0 saturated heterocycles. The van der Waals surface area contributed by atoms with E-state index in [9.17, 15) is 10.1 Å². The Kier molecular flexibility index (Phi) is 5.66. The van der Waals surface area contributed by atoms with E-state index in [0.29, 0.717) is 3.57 Å². The van der Waals surface area contributed by atoms with Crippen molar-refractivity contribution in [2.75, 3.05) is 17.6 Å². The highest BCUT2D eigenvalue weighted by atomic mass is 127. The second-order valence-electron chi connectivity index (χ2n) is 4.01. The van der Waals surface area contributed by atoms with Crippen LogP contribution in [0.4, 0.5) is 11.4 Å². The summed E-state index contributed by atoms with van der Waals surface area (Å²) in [5.41, 5.74) is 1.06. The van der Waals surface area contributed by atoms with E-state index in [4.69, 9.17) is 0 Å². The third-order valence-corrected chi connectivity index (χ3v) is 4.47. The predicted molar refractivity (Wildman–Crippen MR) is 91.5 cm³/mol. The summed E-state index contributed by atoms with van der Waals surface area (Å²) >= 11 is 3.76. The van der Waals surface area contributed by atoms with Crippen LogP contribution >= 0.6 is 34.4 Å². The second kappa shape index (κ2) is 7.49. The number of halogens is 1. The average Bonchev–Trinajstić information content (AvgIpc) is 2.44. The highest BCUT2D eigenvalue weighted by Gasteiger charge is 2.11. The molecule has 1 N–H and O–H groups in total. The molecule has 0 aliphatic carbocycles. The van der Waals surface area contributed by atoms with Crippen molar-refractivity contribution in [1.29, 1.82) is 0 Å². The van der Waals surface area contributed by atoms with E-state index in [1.807, 2.05) is 40.8 Å². The number of thioether (sulfide) groups is 1. The lowest BCUT2D eigenvalue weighted by Gasteiger charge is -2.07. The van der Waals surface area contributed by atoms with Crippen molar-refractivity contribution in [2.24, 2.45) is 0 Å². The Hall–Kier alpha value is -1.28. The normalized spacial score (nSPS) is 10.2. The van der Waals surface area contributed by atoms with Crippen LogP contribution in [0.1, 0.15) is 0 Å². The molecule has 0 unspecified atom stereocenters. The summed E-state index contributed by atoms with van der Waals surface area (Å²) in [7, 11) is 0. The van der Waals surface area contributed by atoms with Gasteiger partial charge in [0.15, 0.2) is 0 Å².